The topological polar surface area (TPSA) is 74.7 Å². The average molecular weight is 303 g/mol. The molecule has 1 atom stereocenters. The van der Waals surface area contributed by atoms with E-state index in [1.807, 2.05) is 6.92 Å². The lowest BCUT2D eigenvalue weighted by atomic mass is 9.97. The van der Waals surface area contributed by atoms with Gasteiger partial charge in [-0.1, -0.05) is 13.3 Å². The van der Waals surface area contributed by atoms with Crippen LogP contribution in [0, 0.1) is 5.92 Å². The van der Waals surface area contributed by atoms with Gasteiger partial charge in [0.15, 0.2) is 0 Å². The van der Waals surface area contributed by atoms with E-state index in [-0.39, 0.29) is 9.77 Å². The molecule has 0 aromatic carbocycles. The minimum absolute atomic E-state index is 0.0678. The van der Waals surface area contributed by atoms with E-state index in [1.54, 1.807) is 0 Å². The van der Waals surface area contributed by atoms with Crippen molar-refractivity contribution in [2.24, 2.45) is 5.92 Å². The maximum absolute atomic E-state index is 12.5. The van der Waals surface area contributed by atoms with Crippen molar-refractivity contribution in [3.05, 3.63) is 16.3 Å². The Bertz CT molecular complexity index is 564. The van der Waals surface area contributed by atoms with E-state index in [0.29, 0.717) is 19.0 Å². The van der Waals surface area contributed by atoms with Gasteiger partial charge in [-0.05, 0) is 30.2 Å². The standard InChI is InChI=1S/C12H17NO4S2/c1-2-9-4-3-6-13(8-9)19(16,17)10-5-7-18-11(10)12(14)15/h5,7,9H,2-4,6,8H2,1H3,(H,14,15). The van der Waals surface area contributed by atoms with Gasteiger partial charge in [0.1, 0.15) is 9.77 Å². The van der Waals surface area contributed by atoms with Gasteiger partial charge in [0.05, 0.1) is 0 Å². The zero-order valence-corrected chi connectivity index (χ0v) is 12.3. The van der Waals surface area contributed by atoms with Gasteiger partial charge in [0.2, 0.25) is 10.0 Å². The molecule has 0 saturated carbocycles. The SMILES string of the molecule is CCC1CCCN(S(=O)(=O)c2ccsc2C(=O)O)C1. The maximum Gasteiger partial charge on any atom is 0.347 e. The smallest absolute Gasteiger partial charge is 0.347 e. The lowest BCUT2D eigenvalue weighted by molar-refractivity contribution is 0.0698. The molecule has 1 N–H and O–H groups in total. The average Bonchev–Trinajstić information content (AvgIpc) is 2.89. The van der Waals surface area contributed by atoms with Crippen molar-refractivity contribution in [3.8, 4) is 0 Å². The number of carboxylic acids is 1. The van der Waals surface area contributed by atoms with E-state index in [2.05, 4.69) is 0 Å². The fourth-order valence-corrected chi connectivity index (χ4v) is 5.16. The Morgan fingerprint density at radius 2 is 2.32 bits per heavy atom. The van der Waals surface area contributed by atoms with Crippen LogP contribution in [0.1, 0.15) is 35.9 Å². The molecule has 1 unspecified atom stereocenters. The molecule has 2 rings (SSSR count). The van der Waals surface area contributed by atoms with Gasteiger partial charge in [-0.15, -0.1) is 11.3 Å². The van der Waals surface area contributed by atoms with Crippen LogP contribution in [0.4, 0.5) is 0 Å². The van der Waals surface area contributed by atoms with E-state index >= 15 is 0 Å². The van der Waals surface area contributed by atoms with Gasteiger partial charge in [-0.2, -0.15) is 4.31 Å². The summed E-state index contributed by atoms with van der Waals surface area (Å²) in [6.45, 7) is 3.02. The summed E-state index contributed by atoms with van der Waals surface area (Å²) in [6, 6.07) is 1.39. The van der Waals surface area contributed by atoms with Crippen LogP contribution in [0.2, 0.25) is 0 Å². The predicted octanol–water partition coefficient (Wildman–Crippen LogP) is 2.26. The largest absolute Gasteiger partial charge is 0.477 e. The number of sulfonamides is 1. The van der Waals surface area contributed by atoms with Crippen molar-refractivity contribution in [2.75, 3.05) is 13.1 Å². The first-order valence-corrected chi connectivity index (χ1v) is 8.59. The molecule has 7 heteroatoms. The molecule has 1 saturated heterocycles. The molecule has 5 nitrogen and oxygen atoms in total. The van der Waals surface area contributed by atoms with E-state index in [0.717, 1.165) is 30.6 Å². The Balaban J connectivity index is 2.31. The summed E-state index contributed by atoms with van der Waals surface area (Å²) in [6.07, 6.45) is 2.82. The van der Waals surface area contributed by atoms with Gasteiger partial charge in [0, 0.05) is 13.1 Å². The van der Waals surface area contributed by atoms with Gasteiger partial charge < -0.3 is 5.11 Å². The van der Waals surface area contributed by atoms with E-state index in [1.165, 1.54) is 15.8 Å². The van der Waals surface area contributed by atoms with Crippen LogP contribution >= 0.6 is 11.3 Å². The Hall–Kier alpha value is -0.920. The lowest BCUT2D eigenvalue weighted by Gasteiger charge is -2.31. The van der Waals surface area contributed by atoms with E-state index < -0.39 is 16.0 Å². The van der Waals surface area contributed by atoms with Gasteiger partial charge >= 0.3 is 5.97 Å². The van der Waals surface area contributed by atoms with E-state index in [4.69, 9.17) is 5.11 Å². The molecule has 106 valence electrons. The lowest BCUT2D eigenvalue weighted by Crippen LogP contribution is -2.39. The second kappa shape index (κ2) is 5.60. The van der Waals surface area contributed by atoms with Crippen LogP contribution in [-0.4, -0.2) is 36.9 Å². The molecule has 1 aliphatic rings. The Kier molecular flexibility index (Phi) is 4.27. The summed E-state index contributed by atoms with van der Waals surface area (Å²) in [5.41, 5.74) is 0. The highest BCUT2D eigenvalue weighted by molar-refractivity contribution is 7.89. The van der Waals surface area contributed by atoms with Crippen molar-refractivity contribution in [3.63, 3.8) is 0 Å². The summed E-state index contributed by atoms with van der Waals surface area (Å²) in [5, 5.41) is 10.6. The molecule has 0 amide bonds. The predicted molar refractivity (Wildman–Crippen MR) is 73.1 cm³/mol. The summed E-state index contributed by atoms with van der Waals surface area (Å²) in [7, 11) is -3.67. The van der Waals surface area contributed by atoms with Crippen LogP contribution < -0.4 is 0 Å². The van der Waals surface area contributed by atoms with Crippen LogP contribution in [0.3, 0.4) is 0 Å². The number of rotatable bonds is 4. The molecule has 0 aliphatic carbocycles. The molecular weight excluding hydrogens is 286 g/mol. The summed E-state index contributed by atoms with van der Waals surface area (Å²) in [5.74, 6) is -0.812. The van der Waals surface area contributed by atoms with Crippen molar-refractivity contribution in [1.29, 1.82) is 0 Å². The van der Waals surface area contributed by atoms with Crippen LogP contribution in [0.5, 0.6) is 0 Å². The van der Waals surface area contributed by atoms with Crippen LogP contribution in [0.25, 0.3) is 0 Å². The summed E-state index contributed by atoms with van der Waals surface area (Å²) >= 11 is 0.950. The number of hydrogen-bond acceptors (Lipinski definition) is 4. The first-order chi connectivity index (χ1) is 8.96. The molecule has 19 heavy (non-hydrogen) atoms. The molecule has 0 radical (unpaired) electrons. The quantitative estimate of drug-likeness (QED) is 0.925. The maximum atomic E-state index is 12.5. The van der Waals surface area contributed by atoms with Gasteiger partial charge in [0.25, 0.3) is 0 Å². The molecule has 1 fully saturated rings. The number of carboxylic acid groups (broad SMARTS) is 1. The third kappa shape index (κ3) is 2.82. The number of carbonyl (C=O) groups is 1. The third-order valence-corrected chi connectivity index (χ3v) is 6.44. The highest BCUT2D eigenvalue weighted by Gasteiger charge is 2.33. The Morgan fingerprint density at radius 1 is 1.58 bits per heavy atom. The second-order valence-electron chi connectivity index (χ2n) is 4.70. The Morgan fingerprint density at radius 3 is 2.95 bits per heavy atom. The molecule has 1 aromatic rings. The highest BCUT2D eigenvalue weighted by atomic mass is 32.2. The summed E-state index contributed by atoms with van der Waals surface area (Å²) < 4.78 is 26.4. The molecule has 1 aromatic heterocycles. The van der Waals surface area contributed by atoms with Gasteiger partial charge in [-0.3, -0.25) is 0 Å². The van der Waals surface area contributed by atoms with E-state index in [9.17, 15) is 13.2 Å². The fraction of sp³-hybridized carbons (Fsp3) is 0.583. The number of piperidine rings is 1. The first kappa shape index (κ1) is 14.5. The van der Waals surface area contributed by atoms with Crippen molar-refractivity contribution >= 4 is 27.3 Å². The van der Waals surface area contributed by atoms with Crippen LogP contribution in [0.15, 0.2) is 16.3 Å². The van der Waals surface area contributed by atoms with Crippen molar-refractivity contribution in [2.45, 2.75) is 31.1 Å². The van der Waals surface area contributed by atoms with Gasteiger partial charge in [-0.25, -0.2) is 13.2 Å². The Labute approximate surface area is 116 Å². The number of aromatic carboxylic acids is 1. The second-order valence-corrected chi connectivity index (χ2v) is 7.52. The molecular formula is C12H17NO4S2. The van der Waals surface area contributed by atoms with Crippen molar-refractivity contribution in [1.82, 2.24) is 4.31 Å². The highest BCUT2D eigenvalue weighted by Crippen LogP contribution is 2.29. The normalized spacial score (nSPS) is 21.4. The zero-order valence-electron chi connectivity index (χ0n) is 10.7. The minimum Gasteiger partial charge on any atom is -0.477 e. The third-order valence-electron chi connectivity index (χ3n) is 3.50. The zero-order chi connectivity index (χ0) is 14.0. The molecule has 1 aliphatic heterocycles. The molecule has 2 heterocycles. The molecule has 0 bridgehead atoms. The van der Waals surface area contributed by atoms with Crippen LogP contribution in [-0.2, 0) is 10.0 Å². The number of thiophene rings is 1. The minimum atomic E-state index is -3.67. The number of hydrogen-bond donors (Lipinski definition) is 1. The fourth-order valence-electron chi connectivity index (χ4n) is 2.37. The first-order valence-electron chi connectivity index (χ1n) is 6.27. The summed E-state index contributed by atoms with van der Waals surface area (Å²) in [4.78, 5) is 10.9. The number of nitrogens with zero attached hydrogens (tertiary/aromatic N) is 1. The van der Waals surface area contributed by atoms with Crippen molar-refractivity contribution < 1.29 is 18.3 Å². The molecule has 0 spiro atoms. The monoisotopic (exact) mass is 303 g/mol.